The molecule has 0 unspecified atom stereocenters. The van der Waals surface area contributed by atoms with Gasteiger partial charge in [-0.15, -0.1) is 11.3 Å². The monoisotopic (exact) mass is 348 g/mol. The lowest BCUT2D eigenvalue weighted by molar-refractivity contribution is 0.102. The third-order valence-corrected chi connectivity index (χ3v) is 4.88. The summed E-state index contributed by atoms with van der Waals surface area (Å²) >= 11 is 1.46. The number of aromatic nitrogens is 3. The lowest BCUT2D eigenvalue weighted by atomic mass is 10.1. The summed E-state index contributed by atoms with van der Waals surface area (Å²) in [5.41, 5.74) is 4.24. The molecule has 0 atom stereocenters. The minimum Gasteiger partial charge on any atom is -0.296 e. The Morgan fingerprint density at radius 3 is 2.72 bits per heavy atom. The van der Waals surface area contributed by atoms with Crippen molar-refractivity contribution in [1.82, 2.24) is 15.2 Å². The molecule has 0 aliphatic rings. The maximum absolute atomic E-state index is 12.6. The SMILES string of the molecule is Cc1ccc2[nH]nc(C(=O)Nc3nc(-c4ccccc4)c(C)s3)c2c1. The Kier molecular flexibility index (Phi) is 3.82. The standard InChI is InChI=1S/C19H16N4OS/c1-11-8-9-15-14(10-11)17(23-22-15)18(24)21-19-20-16(12(2)25-19)13-6-4-3-5-7-13/h3-10H,1-2H3,(H,22,23)(H,20,21,24). The van der Waals surface area contributed by atoms with Crippen LogP contribution in [0.25, 0.3) is 22.2 Å². The smallest absolute Gasteiger partial charge is 0.278 e. The van der Waals surface area contributed by atoms with Gasteiger partial charge in [0, 0.05) is 15.8 Å². The van der Waals surface area contributed by atoms with Gasteiger partial charge in [0.2, 0.25) is 0 Å². The first-order chi connectivity index (χ1) is 12.1. The zero-order chi connectivity index (χ0) is 17.4. The van der Waals surface area contributed by atoms with E-state index < -0.39 is 0 Å². The maximum Gasteiger partial charge on any atom is 0.278 e. The predicted molar refractivity (Wildman–Crippen MR) is 101 cm³/mol. The summed E-state index contributed by atoms with van der Waals surface area (Å²) < 4.78 is 0. The lowest BCUT2D eigenvalue weighted by Crippen LogP contribution is -2.12. The fraction of sp³-hybridized carbons (Fsp3) is 0.105. The molecule has 4 aromatic rings. The number of aryl methyl sites for hydroxylation is 2. The molecule has 2 N–H and O–H groups in total. The second-order valence-electron chi connectivity index (χ2n) is 5.87. The van der Waals surface area contributed by atoms with Crippen molar-refractivity contribution in [2.75, 3.05) is 5.32 Å². The van der Waals surface area contributed by atoms with Crippen LogP contribution in [0.1, 0.15) is 20.9 Å². The number of fused-ring (bicyclic) bond motifs is 1. The van der Waals surface area contributed by atoms with E-state index >= 15 is 0 Å². The Bertz CT molecular complexity index is 1070. The minimum absolute atomic E-state index is 0.259. The number of amides is 1. The minimum atomic E-state index is -0.259. The summed E-state index contributed by atoms with van der Waals surface area (Å²) in [5.74, 6) is -0.259. The highest BCUT2D eigenvalue weighted by Crippen LogP contribution is 2.30. The van der Waals surface area contributed by atoms with E-state index in [9.17, 15) is 4.79 Å². The maximum atomic E-state index is 12.6. The number of nitrogens with one attached hydrogen (secondary N) is 2. The number of carbonyl (C=O) groups is 1. The van der Waals surface area contributed by atoms with Crippen LogP contribution in [0.2, 0.25) is 0 Å². The number of benzene rings is 2. The molecule has 0 bridgehead atoms. The number of rotatable bonds is 3. The summed E-state index contributed by atoms with van der Waals surface area (Å²) in [6.07, 6.45) is 0. The van der Waals surface area contributed by atoms with E-state index in [0.29, 0.717) is 10.8 Å². The van der Waals surface area contributed by atoms with Crippen LogP contribution in [0, 0.1) is 13.8 Å². The van der Waals surface area contributed by atoms with Crippen molar-refractivity contribution in [3.63, 3.8) is 0 Å². The van der Waals surface area contributed by atoms with E-state index in [2.05, 4.69) is 20.5 Å². The van der Waals surface area contributed by atoms with Crippen LogP contribution in [-0.4, -0.2) is 21.1 Å². The molecular weight excluding hydrogens is 332 g/mol. The van der Waals surface area contributed by atoms with Gasteiger partial charge < -0.3 is 0 Å². The van der Waals surface area contributed by atoms with Crippen LogP contribution in [0.4, 0.5) is 5.13 Å². The Morgan fingerprint density at radius 2 is 1.92 bits per heavy atom. The molecule has 2 aromatic carbocycles. The van der Waals surface area contributed by atoms with Crippen molar-refractivity contribution in [1.29, 1.82) is 0 Å². The van der Waals surface area contributed by atoms with Crippen molar-refractivity contribution in [2.24, 2.45) is 0 Å². The first kappa shape index (κ1) is 15.5. The van der Waals surface area contributed by atoms with E-state index in [0.717, 1.165) is 32.6 Å². The topological polar surface area (TPSA) is 70.7 Å². The van der Waals surface area contributed by atoms with Gasteiger partial charge in [0.25, 0.3) is 5.91 Å². The number of nitrogens with zero attached hydrogens (tertiary/aromatic N) is 2. The Labute approximate surface area is 148 Å². The summed E-state index contributed by atoms with van der Waals surface area (Å²) in [6, 6.07) is 15.8. The second-order valence-corrected chi connectivity index (χ2v) is 7.07. The van der Waals surface area contributed by atoms with Crippen LogP contribution in [-0.2, 0) is 0 Å². The lowest BCUT2D eigenvalue weighted by Gasteiger charge is -2.00. The average Bonchev–Trinajstić information content (AvgIpc) is 3.18. The molecule has 6 heteroatoms. The number of hydrogen-bond acceptors (Lipinski definition) is 4. The number of thiazole rings is 1. The third-order valence-electron chi connectivity index (χ3n) is 4.00. The molecular formula is C19H16N4OS. The van der Waals surface area contributed by atoms with Crippen LogP contribution in [0.3, 0.4) is 0 Å². The number of anilines is 1. The molecule has 124 valence electrons. The number of carbonyl (C=O) groups excluding carboxylic acids is 1. The molecule has 0 aliphatic heterocycles. The second kappa shape index (κ2) is 6.14. The number of H-pyrrole nitrogens is 1. The van der Waals surface area contributed by atoms with E-state index in [1.54, 1.807) is 0 Å². The van der Waals surface area contributed by atoms with E-state index in [-0.39, 0.29) is 5.91 Å². The van der Waals surface area contributed by atoms with Gasteiger partial charge in [0.05, 0.1) is 11.2 Å². The van der Waals surface area contributed by atoms with Crippen molar-refractivity contribution in [3.05, 3.63) is 64.7 Å². The number of hydrogen-bond donors (Lipinski definition) is 2. The van der Waals surface area contributed by atoms with Crippen LogP contribution >= 0.6 is 11.3 Å². The molecule has 2 aromatic heterocycles. The van der Waals surface area contributed by atoms with Crippen molar-refractivity contribution >= 4 is 33.3 Å². The normalized spacial score (nSPS) is 11.0. The van der Waals surface area contributed by atoms with Gasteiger partial charge in [0.15, 0.2) is 10.8 Å². The Balaban J connectivity index is 1.64. The highest BCUT2D eigenvalue weighted by atomic mass is 32.1. The van der Waals surface area contributed by atoms with E-state index in [1.807, 2.05) is 62.4 Å². The molecule has 0 aliphatic carbocycles. The van der Waals surface area contributed by atoms with E-state index in [4.69, 9.17) is 0 Å². The molecule has 4 rings (SSSR count). The molecule has 0 spiro atoms. The van der Waals surface area contributed by atoms with Gasteiger partial charge in [-0.25, -0.2) is 4.98 Å². The predicted octanol–water partition coefficient (Wildman–Crippen LogP) is 4.56. The van der Waals surface area contributed by atoms with Crippen LogP contribution in [0.5, 0.6) is 0 Å². The summed E-state index contributed by atoms with van der Waals surface area (Å²) in [7, 11) is 0. The van der Waals surface area contributed by atoms with Crippen molar-refractivity contribution in [3.8, 4) is 11.3 Å². The van der Waals surface area contributed by atoms with Gasteiger partial charge in [-0.1, -0.05) is 42.0 Å². The molecule has 0 saturated carbocycles. The summed E-state index contributed by atoms with van der Waals surface area (Å²) in [5, 5.41) is 11.3. The first-order valence-electron chi connectivity index (χ1n) is 7.91. The largest absolute Gasteiger partial charge is 0.296 e. The fourth-order valence-electron chi connectivity index (χ4n) is 2.77. The van der Waals surface area contributed by atoms with E-state index in [1.165, 1.54) is 11.3 Å². The average molecular weight is 348 g/mol. The van der Waals surface area contributed by atoms with Crippen molar-refractivity contribution < 1.29 is 4.79 Å². The molecule has 0 fully saturated rings. The quantitative estimate of drug-likeness (QED) is 0.570. The first-order valence-corrected chi connectivity index (χ1v) is 8.72. The van der Waals surface area contributed by atoms with Gasteiger partial charge >= 0.3 is 0 Å². The molecule has 25 heavy (non-hydrogen) atoms. The van der Waals surface area contributed by atoms with Gasteiger partial charge in [-0.3, -0.25) is 15.2 Å². The summed E-state index contributed by atoms with van der Waals surface area (Å²) in [4.78, 5) is 18.3. The highest BCUT2D eigenvalue weighted by Gasteiger charge is 2.17. The highest BCUT2D eigenvalue weighted by molar-refractivity contribution is 7.16. The Morgan fingerprint density at radius 1 is 1.12 bits per heavy atom. The molecule has 2 heterocycles. The van der Waals surface area contributed by atoms with Crippen LogP contribution < -0.4 is 5.32 Å². The molecule has 5 nitrogen and oxygen atoms in total. The molecule has 0 saturated heterocycles. The zero-order valence-corrected chi connectivity index (χ0v) is 14.6. The summed E-state index contributed by atoms with van der Waals surface area (Å²) in [6.45, 7) is 3.99. The van der Waals surface area contributed by atoms with Crippen LogP contribution in [0.15, 0.2) is 48.5 Å². The van der Waals surface area contributed by atoms with Gasteiger partial charge in [-0.2, -0.15) is 5.10 Å². The van der Waals surface area contributed by atoms with Crippen molar-refractivity contribution in [2.45, 2.75) is 13.8 Å². The zero-order valence-electron chi connectivity index (χ0n) is 13.8. The molecule has 1 amide bonds. The van der Waals surface area contributed by atoms with Gasteiger partial charge in [-0.05, 0) is 26.0 Å². The fourth-order valence-corrected chi connectivity index (χ4v) is 3.60. The number of aromatic amines is 1. The Hall–Kier alpha value is -2.99. The third kappa shape index (κ3) is 2.92. The van der Waals surface area contributed by atoms with Gasteiger partial charge in [0.1, 0.15) is 0 Å². The molecule has 0 radical (unpaired) electrons.